The lowest BCUT2D eigenvalue weighted by molar-refractivity contribution is -0.137. The van der Waals surface area contributed by atoms with E-state index < -0.39 is 11.7 Å². The Morgan fingerprint density at radius 3 is 1.12 bits per heavy atom. The molecule has 0 spiro atoms. The number of rotatable bonds is 8. The van der Waals surface area contributed by atoms with Gasteiger partial charge >= 0.3 is 6.18 Å². The number of aromatic nitrogens is 2. The van der Waals surface area contributed by atoms with Crippen LogP contribution >= 0.6 is 0 Å². The molecule has 404 valence electrons. The third-order valence-corrected chi connectivity index (χ3v) is 17.1. The zero-order valence-electron chi connectivity index (χ0n) is 48.0. The number of aryl methyl sites for hydroxylation is 9. The van der Waals surface area contributed by atoms with Gasteiger partial charge in [0.25, 0.3) is 0 Å². The van der Waals surface area contributed by atoms with E-state index in [-0.39, 0.29) is 5.56 Å². The Morgan fingerprint density at radius 1 is 0.337 bits per heavy atom. The molecule has 0 aliphatic heterocycles. The lowest BCUT2D eigenvalue weighted by atomic mass is 9.90. The van der Waals surface area contributed by atoms with Crippen LogP contribution in [0.2, 0.25) is 0 Å². The number of nitriles is 1. The maximum Gasteiger partial charge on any atom is 0.417 e. The number of fused-ring (bicyclic) bond motifs is 6. The fourth-order valence-corrected chi connectivity index (χ4v) is 13.2. The van der Waals surface area contributed by atoms with Gasteiger partial charge in [0.2, 0.25) is 0 Å². The summed E-state index contributed by atoms with van der Waals surface area (Å²) < 4.78 is 50.2. The van der Waals surface area contributed by atoms with E-state index in [1.54, 1.807) is 13.0 Å². The SMILES string of the molecule is Cc1ccc(-c2ccc3c(c2)c2cc(-c4ccc(C)cc4C)ccc2n3-c2ccc(C#N)c(-c3cc(-c4c(C)cccc4C(F)(F)F)ccc3-n3c4ccc(-c5ccc(C)cc5C)cc4c4cc(-c5ccc(C)cc5C)ccc43)c2)c(C)c1. The van der Waals surface area contributed by atoms with Gasteiger partial charge in [0.1, 0.15) is 0 Å². The number of alkyl halides is 3. The maximum atomic E-state index is 15.2. The molecule has 0 saturated carbocycles. The first-order valence-corrected chi connectivity index (χ1v) is 28.3. The number of hydrogen-bond acceptors (Lipinski definition) is 1. The minimum Gasteiger partial charge on any atom is -0.309 e. The Hall–Kier alpha value is -9.70. The predicted molar refractivity (Wildman–Crippen MR) is 340 cm³/mol. The Morgan fingerprint density at radius 2 is 0.735 bits per heavy atom. The summed E-state index contributed by atoms with van der Waals surface area (Å²) in [6.45, 7) is 18.8. The summed E-state index contributed by atoms with van der Waals surface area (Å²) >= 11 is 0. The molecule has 13 rings (SSSR count). The lowest BCUT2D eigenvalue weighted by Crippen LogP contribution is -2.08. The van der Waals surface area contributed by atoms with Crippen LogP contribution in [-0.4, -0.2) is 9.13 Å². The van der Waals surface area contributed by atoms with Crippen molar-refractivity contribution < 1.29 is 13.2 Å². The number of hydrogen-bond donors (Lipinski definition) is 0. The average Bonchev–Trinajstić information content (AvgIpc) is 2.74. The van der Waals surface area contributed by atoms with Crippen LogP contribution in [0.5, 0.6) is 0 Å². The van der Waals surface area contributed by atoms with Crippen molar-refractivity contribution in [2.75, 3.05) is 0 Å². The molecule has 0 radical (unpaired) electrons. The third-order valence-electron chi connectivity index (χ3n) is 17.1. The molecule has 0 amide bonds. The maximum absolute atomic E-state index is 15.2. The topological polar surface area (TPSA) is 33.6 Å². The largest absolute Gasteiger partial charge is 0.417 e. The van der Waals surface area contributed by atoms with Gasteiger partial charge in [0.05, 0.1) is 45.0 Å². The van der Waals surface area contributed by atoms with Crippen molar-refractivity contribution in [2.45, 2.75) is 68.5 Å². The van der Waals surface area contributed by atoms with Gasteiger partial charge in [-0.3, -0.25) is 0 Å². The highest BCUT2D eigenvalue weighted by molar-refractivity contribution is 6.14. The predicted octanol–water partition coefficient (Wildman–Crippen LogP) is 21.5. The molecule has 0 aliphatic carbocycles. The molecule has 0 saturated heterocycles. The van der Waals surface area contributed by atoms with Crippen LogP contribution in [0.3, 0.4) is 0 Å². The average molecular weight is 1080 g/mol. The van der Waals surface area contributed by atoms with Crippen LogP contribution in [0, 0.1) is 73.6 Å². The summed E-state index contributed by atoms with van der Waals surface area (Å²) in [6.07, 6.45) is -4.63. The molecule has 0 N–H and O–H groups in total. The zero-order valence-corrected chi connectivity index (χ0v) is 48.0. The van der Waals surface area contributed by atoms with Gasteiger partial charge in [-0.2, -0.15) is 18.4 Å². The smallest absolute Gasteiger partial charge is 0.309 e. The van der Waals surface area contributed by atoms with E-state index >= 15 is 13.2 Å². The molecule has 2 aromatic heterocycles. The van der Waals surface area contributed by atoms with Crippen molar-refractivity contribution in [1.29, 1.82) is 5.26 Å². The van der Waals surface area contributed by atoms with E-state index in [1.165, 1.54) is 50.6 Å². The monoisotopic (exact) mass is 1080 g/mol. The first-order valence-electron chi connectivity index (χ1n) is 28.3. The van der Waals surface area contributed by atoms with Crippen molar-refractivity contribution in [2.24, 2.45) is 0 Å². The minimum absolute atomic E-state index is 0.0996. The highest BCUT2D eigenvalue weighted by atomic mass is 19.4. The minimum atomic E-state index is -4.63. The van der Waals surface area contributed by atoms with Crippen LogP contribution in [0.15, 0.2) is 200 Å². The van der Waals surface area contributed by atoms with E-state index in [4.69, 9.17) is 0 Å². The van der Waals surface area contributed by atoms with E-state index in [0.29, 0.717) is 27.8 Å². The lowest BCUT2D eigenvalue weighted by Gasteiger charge is -2.20. The van der Waals surface area contributed by atoms with Crippen LogP contribution in [0.1, 0.15) is 61.2 Å². The molecule has 83 heavy (non-hydrogen) atoms. The molecule has 0 unspecified atom stereocenters. The third kappa shape index (κ3) is 9.09. The van der Waals surface area contributed by atoms with Crippen LogP contribution in [0.4, 0.5) is 13.2 Å². The molecule has 13 aromatic rings. The Balaban J connectivity index is 1.10. The molecule has 0 bridgehead atoms. The van der Waals surface area contributed by atoms with Crippen LogP contribution in [-0.2, 0) is 6.18 Å². The Bertz CT molecular complexity index is 4680. The highest BCUT2D eigenvalue weighted by Crippen LogP contribution is 2.46. The summed E-state index contributed by atoms with van der Waals surface area (Å²) in [4.78, 5) is 0. The molecule has 0 atom stereocenters. The molecule has 2 heterocycles. The number of nitrogens with zero attached hydrogens (tertiary/aromatic N) is 3. The molecular weight excluding hydrogens is 1020 g/mol. The summed E-state index contributed by atoms with van der Waals surface area (Å²) in [5.41, 5.74) is 25.7. The summed E-state index contributed by atoms with van der Waals surface area (Å²) in [6, 6.07) is 71.2. The Kier molecular flexibility index (Phi) is 12.7. The van der Waals surface area contributed by atoms with Crippen molar-refractivity contribution in [3.63, 3.8) is 0 Å². The first-order chi connectivity index (χ1) is 39.9. The van der Waals surface area contributed by atoms with Gasteiger partial charge in [0, 0.05) is 38.4 Å². The molecule has 11 aromatic carbocycles. The van der Waals surface area contributed by atoms with Gasteiger partial charge in [0.15, 0.2) is 0 Å². The van der Waals surface area contributed by atoms with E-state index in [1.807, 2.05) is 30.3 Å². The first kappa shape index (κ1) is 52.7. The fourth-order valence-electron chi connectivity index (χ4n) is 13.2. The van der Waals surface area contributed by atoms with Crippen molar-refractivity contribution in [1.82, 2.24) is 9.13 Å². The van der Waals surface area contributed by atoms with E-state index in [0.717, 1.165) is 106 Å². The van der Waals surface area contributed by atoms with Gasteiger partial charge in [-0.15, -0.1) is 0 Å². The van der Waals surface area contributed by atoms with Crippen molar-refractivity contribution in [3.05, 3.63) is 261 Å². The van der Waals surface area contributed by atoms with Crippen LogP contribution in [0.25, 0.3) is 122 Å². The molecule has 0 aliphatic rings. The number of benzene rings is 11. The standard InChI is InChI=1S/C77H60F3N3/c1-44-13-24-60(49(6)33-44)53-18-28-71-66(37-53)67-38-54(61-25-14-45(2)34-50(61)7)19-29-72(67)82(71)59-23-17-58(43-81)64(42-59)65-41-57(76-48(5)11-10-12-70(76)77(78,79)80)22-32-73(65)83-74-30-20-55(62-26-15-46(3)35-51(62)8)39-68(74)69-40-56(21-31-75(69)83)63-27-16-47(4)36-52(63)9/h10-42H,1-9H3. The quantitative estimate of drug-likeness (QED) is 0.149. The summed E-state index contributed by atoms with van der Waals surface area (Å²) in [5.74, 6) is 0. The van der Waals surface area contributed by atoms with Gasteiger partial charge in [-0.05, 0) is 231 Å². The second-order valence-corrected chi connectivity index (χ2v) is 22.9. The van der Waals surface area contributed by atoms with Crippen LogP contribution < -0.4 is 0 Å². The fraction of sp³-hybridized carbons (Fsp3) is 0.130. The molecule has 6 heteroatoms. The Labute approximate surface area is 482 Å². The molecule has 0 fully saturated rings. The highest BCUT2D eigenvalue weighted by Gasteiger charge is 2.35. The zero-order chi connectivity index (χ0) is 57.7. The normalized spacial score (nSPS) is 11.8. The van der Waals surface area contributed by atoms with E-state index in [2.05, 4.69) is 222 Å². The second-order valence-electron chi connectivity index (χ2n) is 22.9. The molecular formula is C77H60F3N3. The summed E-state index contributed by atoms with van der Waals surface area (Å²) in [5, 5.41) is 15.5. The van der Waals surface area contributed by atoms with E-state index in [9.17, 15) is 5.26 Å². The van der Waals surface area contributed by atoms with Gasteiger partial charge < -0.3 is 9.13 Å². The van der Waals surface area contributed by atoms with Gasteiger partial charge in [-0.25, -0.2) is 0 Å². The van der Waals surface area contributed by atoms with Crippen molar-refractivity contribution >= 4 is 43.6 Å². The number of halogens is 3. The second kappa shape index (κ2) is 20.1. The molecule has 3 nitrogen and oxygen atoms in total. The van der Waals surface area contributed by atoms with Crippen molar-refractivity contribution in [3.8, 4) is 84.2 Å². The van der Waals surface area contributed by atoms with Gasteiger partial charge in [-0.1, -0.05) is 138 Å². The summed E-state index contributed by atoms with van der Waals surface area (Å²) in [7, 11) is 0.